The lowest BCUT2D eigenvalue weighted by atomic mass is 10.0. The van der Waals surface area contributed by atoms with E-state index in [9.17, 15) is 22.4 Å². The molecule has 10 heteroatoms. The van der Waals surface area contributed by atoms with E-state index in [1.54, 1.807) is 18.3 Å². The van der Waals surface area contributed by atoms with Crippen molar-refractivity contribution in [2.24, 2.45) is 5.92 Å². The van der Waals surface area contributed by atoms with Gasteiger partial charge in [0, 0.05) is 23.0 Å². The number of carbonyl (C=O) groups is 1. The van der Waals surface area contributed by atoms with E-state index >= 15 is 0 Å². The van der Waals surface area contributed by atoms with Crippen LogP contribution in [0.3, 0.4) is 0 Å². The van der Waals surface area contributed by atoms with Crippen LogP contribution in [0.2, 0.25) is 0 Å². The summed E-state index contributed by atoms with van der Waals surface area (Å²) < 4.78 is 45.4. The average Bonchev–Trinajstić information content (AvgIpc) is 2.61. The van der Waals surface area contributed by atoms with Gasteiger partial charge < -0.3 is 15.4 Å². The van der Waals surface area contributed by atoms with Crippen molar-refractivity contribution in [2.75, 3.05) is 5.32 Å². The molecule has 0 aliphatic carbocycles. The first-order valence-electron chi connectivity index (χ1n) is 8.59. The summed E-state index contributed by atoms with van der Waals surface area (Å²) in [6.45, 7) is 6.31. The summed E-state index contributed by atoms with van der Waals surface area (Å²) in [5.41, 5.74) is 0.296. The highest BCUT2D eigenvalue weighted by Crippen LogP contribution is 2.28. The van der Waals surface area contributed by atoms with Crippen molar-refractivity contribution in [1.82, 2.24) is 9.97 Å². The molecule has 0 aliphatic rings. The topological polar surface area (TPSA) is 95.1 Å². The van der Waals surface area contributed by atoms with Gasteiger partial charge in [-0.2, -0.15) is 13.2 Å². The van der Waals surface area contributed by atoms with Gasteiger partial charge in [0.25, 0.3) is 5.56 Å². The number of pyridine rings is 2. The summed E-state index contributed by atoms with van der Waals surface area (Å²) in [5, 5.41) is 12.2. The van der Waals surface area contributed by atoms with Gasteiger partial charge in [-0.1, -0.05) is 13.8 Å². The number of hydrogen-bond donors (Lipinski definition) is 3. The number of nitrogens with one attached hydrogen (secondary N) is 2. The molecule has 2 aromatic heterocycles. The van der Waals surface area contributed by atoms with Crippen LogP contribution in [0.4, 0.5) is 23.4 Å². The normalized spacial score (nSPS) is 12.6. The molecule has 2 heterocycles. The molecule has 0 saturated heterocycles. The number of hydrogen-bond acceptors (Lipinski definition) is 4. The zero-order valence-electron chi connectivity index (χ0n) is 15.8. The summed E-state index contributed by atoms with van der Waals surface area (Å²) in [7, 11) is 0. The maximum absolute atomic E-state index is 13.7. The number of rotatable bonds is 3. The Balaban J connectivity index is 0.000000370. The van der Waals surface area contributed by atoms with Gasteiger partial charge in [0.05, 0.1) is 10.9 Å². The molecule has 1 aromatic carbocycles. The number of nitrogens with zero attached hydrogens (tertiary/aromatic N) is 1. The Morgan fingerprint density at radius 3 is 2.34 bits per heavy atom. The summed E-state index contributed by atoms with van der Waals surface area (Å²) in [5.74, 6) is -2.03. The van der Waals surface area contributed by atoms with E-state index in [2.05, 4.69) is 36.1 Å². The van der Waals surface area contributed by atoms with Crippen molar-refractivity contribution < 1.29 is 27.5 Å². The lowest BCUT2D eigenvalue weighted by molar-refractivity contribution is -0.192. The molecule has 3 rings (SSSR count). The Hall–Kier alpha value is -3.17. The van der Waals surface area contributed by atoms with Gasteiger partial charge in [-0.3, -0.25) is 4.79 Å². The predicted molar refractivity (Wildman–Crippen MR) is 101 cm³/mol. The lowest BCUT2D eigenvalue weighted by Gasteiger charge is -2.20. The molecular formula is C19H19F4N3O3. The van der Waals surface area contributed by atoms with Gasteiger partial charge >= 0.3 is 12.1 Å². The van der Waals surface area contributed by atoms with E-state index in [-0.39, 0.29) is 17.4 Å². The van der Waals surface area contributed by atoms with E-state index in [4.69, 9.17) is 9.90 Å². The fourth-order valence-corrected chi connectivity index (χ4v) is 2.42. The highest BCUT2D eigenvalue weighted by Gasteiger charge is 2.38. The van der Waals surface area contributed by atoms with E-state index in [0.29, 0.717) is 28.0 Å². The zero-order valence-corrected chi connectivity index (χ0v) is 15.8. The third kappa shape index (κ3) is 5.21. The number of halogens is 4. The van der Waals surface area contributed by atoms with Gasteiger partial charge in [0.1, 0.15) is 11.6 Å². The van der Waals surface area contributed by atoms with Crippen molar-refractivity contribution in [2.45, 2.75) is 33.0 Å². The van der Waals surface area contributed by atoms with E-state index < -0.39 is 12.1 Å². The van der Waals surface area contributed by atoms with E-state index in [1.165, 1.54) is 12.1 Å². The minimum absolute atomic E-state index is 0.209. The number of fused-ring (bicyclic) bond motifs is 3. The molecule has 0 unspecified atom stereocenters. The average molecular weight is 413 g/mol. The molecule has 0 amide bonds. The van der Waals surface area contributed by atoms with E-state index in [1.807, 2.05) is 0 Å². The summed E-state index contributed by atoms with van der Waals surface area (Å²) >= 11 is 0. The Bertz CT molecular complexity index is 1090. The molecule has 156 valence electrons. The Morgan fingerprint density at radius 2 is 1.79 bits per heavy atom. The molecule has 0 spiro atoms. The van der Waals surface area contributed by atoms with Crippen LogP contribution in [0, 0.1) is 11.7 Å². The van der Waals surface area contributed by atoms with Gasteiger partial charge in [0.2, 0.25) is 0 Å². The number of carboxylic acid groups (broad SMARTS) is 1. The highest BCUT2D eigenvalue weighted by atomic mass is 19.4. The molecule has 0 saturated carbocycles. The zero-order chi connectivity index (χ0) is 21.9. The number of H-pyrrole nitrogens is 1. The maximum atomic E-state index is 13.7. The van der Waals surface area contributed by atoms with Crippen LogP contribution >= 0.6 is 0 Å². The Morgan fingerprint density at radius 1 is 1.17 bits per heavy atom. The molecule has 0 bridgehead atoms. The van der Waals surface area contributed by atoms with E-state index in [0.717, 1.165) is 5.39 Å². The summed E-state index contributed by atoms with van der Waals surface area (Å²) in [6.07, 6.45) is -3.53. The first kappa shape index (κ1) is 22.1. The van der Waals surface area contributed by atoms with Crippen molar-refractivity contribution in [3.63, 3.8) is 0 Å². The first-order chi connectivity index (χ1) is 13.4. The van der Waals surface area contributed by atoms with Crippen molar-refractivity contribution in [1.29, 1.82) is 0 Å². The molecule has 0 aliphatic heterocycles. The quantitative estimate of drug-likeness (QED) is 0.440. The maximum Gasteiger partial charge on any atom is 0.490 e. The van der Waals surface area contributed by atoms with Gasteiger partial charge in [-0.05, 0) is 37.1 Å². The molecule has 29 heavy (non-hydrogen) atoms. The van der Waals surface area contributed by atoms with Crippen LogP contribution in [-0.4, -0.2) is 33.3 Å². The summed E-state index contributed by atoms with van der Waals surface area (Å²) in [4.78, 5) is 28.2. The van der Waals surface area contributed by atoms with Crippen LogP contribution in [0.1, 0.15) is 20.8 Å². The SMILES string of the molecule is CC(C)[C@@H](C)Nc1nc2cc[nH]c(=O)c2c2cc(F)ccc12.O=C(O)C(F)(F)F. The first-order valence-corrected chi connectivity index (χ1v) is 8.59. The third-order valence-electron chi connectivity index (χ3n) is 4.28. The number of anilines is 1. The second kappa shape index (κ2) is 8.46. The Kier molecular flexibility index (Phi) is 6.45. The molecule has 6 nitrogen and oxygen atoms in total. The molecule has 0 radical (unpaired) electrons. The fraction of sp³-hybridized carbons (Fsp3) is 0.316. The Labute approximate surface area is 162 Å². The monoisotopic (exact) mass is 413 g/mol. The van der Waals surface area contributed by atoms with Crippen molar-refractivity contribution >= 4 is 33.5 Å². The number of aromatic amines is 1. The highest BCUT2D eigenvalue weighted by molar-refractivity contribution is 6.09. The number of aliphatic carboxylic acids is 1. The largest absolute Gasteiger partial charge is 0.490 e. The number of aromatic nitrogens is 2. The predicted octanol–water partition coefficient (Wildman–Crippen LogP) is 4.31. The molecule has 3 N–H and O–H groups in total. The van der Waals surface area contributed by atoms with Crippen LogP contribution in [-0.2, 0) is 4.79 Å². The van der Waals surface area contributed by atoms with Gasteiger partial charge in [0.15, 0.2) is 0 Å². The molecular weight excluding hydrogens is 394 g/mol. The third-order valence-corrected chi connectivity index (χ3v) is 4.28. The van der Waals surface area contributed by atoms with Gasteiger partial charge in [-0.15, -0.1) is 0 Å². The fourth-order valence-electron chi connectivity index (χ4n) is 2.42. The molecule has 0 fully saturated rings. The van der Waals surface area contributed by atoms with Crippen LogP contribution in [0.25, 0.3) is 21.7 Å². The smallest absolute Gasteiger partial charge is 0.475 e. The number of alkyl halides is 3. The van der Waals surface area contributed by atoms with Crippen LogP contribution < -0.4 is 10.9 Å². The molecule has 3 aromatic rings. The number of benzene rings is 1. The minimum atomic E-state index is -5.08. The van der Waals surface area contributed by atoms with Crippen LogP contribution in [0.5, 0.6) is 0 Å². The van der Waals surface area contributed by atoms with Crippen molar-refractivity contribution in [3.05, 3.63) is 46.6 Å². The summed E-state index contributed by atoms with van der Waals surface area (Å²) in [6, 6.07) is 6.38. The number of carboxylic acids is 1. The molecule has 1 atom stereocenters. The minimum Gasteiger partial charge on any atom is -0.475 e. The van der Waals surface area contributed by atoms with Gasteiger partial charge in [-0.25, -0.2) is 14.2 Å². The van der Waals surface area contributed by atoms with Crippen molar-refractivity contribution in [3.8, 4) is 0 Å². The second-order valence-electron chi connectivity index (χ2n) is 6.70. The van der Waals surface area contributed by atoms with Crippen LogP contribution in [0.15, 0.2) is 35.3 Å². The standard InChI is InChI=1S/C17H18FN3O.C2HF3O2/c1-9(2)10(3)20-16-12-5-4-11(18)8-13(12)15-14(21-16)6-7-19-17(15)22;3-2(4,5)1(6)7/h4-10H,1-3H3,(H,19,22)(H,20,21);(H,6,7)/t10-;/m1./s1. The second-order valence-corrected chi connectivity index (χ2v) is 6.70. The lowest BCUT2D eigenvalue weighted by Crippen LogP contribution is -2.22.